The van der Waals surface area contributed by atoms with Crippen molar-refractivity contribution in [2.75, 3.05) is 18.1 Å². The monoisotopic (exact) mass is 471 g/mol. The molecule has 2 aliphatic heterocycles. The lowest BCUT2D eigenvalue weighted by atomic mass is 9.84. The van der Waals surface area contributed by atoms with Crippen molar-refractivity contribution >= 4 is 17.8 Å². The summed E-state index contributed by atoms with van der Waals surface area (Å²) < 4.78 is 1.82. The van der Waals surface area contributed by atoms with Crippen LogP contribution in [0.15, 0.2) is 78.2 Å². The molecule has 1 unspecified atom stereocenters. The number of aromatic nitrogens is 2. The molecule has 35 heavy (non-hydrogen) atoms. The molecule has 0 radical (unpaired) electrons. The summed E-state index contributed by atoms with van der Waals surface area (Å²) in [6.07, 6.45) is 8.61. The zero-order valence-electron chi connectivity index (χ0n) is 20.2. The van der Waals surface area contributed by atoms with Crippen molar-refractivity contribution in [3.05, 3.63) is 73.1 Å². The van der Waals surface area contributed by atoms with Gasteiger partial charge in [0, 0.05) is 44.5 Å². The lowest BCUT2D eigenvalue weighted by molar-refractivity contribution is -0.136. The molecule has 1 aromatic heterocycles. The van der Waals surface area contributed by atoms with Crippen LogP contribution in [-0.4, -0.2) is 56.6 Å². The summed E-state index contributed by atoms with van der Waals surface area (Å²) >= 11 is 0. The molecule has 0 spiro atoms. The number of likely N-dealkylation sites (tertiary alicyclic amines) is 1. The zero-order valence-corrected chi connectivity index (χ0v) is 20.2. The van der Waals surface area contributed by atoms with Gasteiger partial charge in [0.2, 0.25) is 5.91 Å². The van der Waals surface area contributed by atoms with Crippen molar-refractivity contribution in [3.8, 4) is 11.1 Å². The summed E-state index contributed by atoms with van der Waals surface area (Å²) in [5.74, 6) is 0.124. The highest BCUT2D eigenvalue weighted by atomic mass is 16.3. The van der Waals surface area contributed by atoms with Crippen LogP contribution in [0.5, 0.6) is 0 Å². The Balaban J connectivity index is 1.17. The number of carbonyl (C=O) groups is 1. The highest BCUT2D eigenvalue weighted by Crippen LogP contribution is 2.34. The van der Waals surface area contributed by atoms with Crippen LogP contribution in [-0.2, 0) is 4.79 Å². The fraction of sp³-hybridized carbons (Fsp3) is 0.393. The summed E-state index contributed by atoms with van der Waals surface area (Å²) in [5, 5.41) is 22.3. The summed E-state index contributed by atoms with van der Waals surface area (Å²) in [5.41, 5.74) is 2.61. The summed E-state index contributed by atoms with van der Waals surface area (Å²) in [6.45, 7) is 3.17. The molecule has 3 aromatic rings. The standard InChI is InChI=1S/C28H33N5O2/c1-22(32-17-5-15-29-32)20-27(34)31-18-13-28(35,14-19-31)21-26-12-16-30-33(26)25-10-8-24(9-11-25)23-6-3-2-4-7-23/h2-11,15-17,22,26,35H,12-14,18-21H2,1H3/t22-,26?/m0/s1. The molecule has 2 atom stereocenters. The molecule has 7 heteroatoms. The van der Waals surface area contributed by atoms with E-state index >= 15 is 0 Å². The molecule has 1 fully saturated rings. The SMILES string of the molecule is C[C@@H](CC(=O)N1CCC(O)(CC2CC=NN2c2ccc(-c3ccccc3)cc2)CC1)n1cccn1. The van der Waals surface area contributed by atoms with Gasteiger partial charge in [0.15, 0.2) is 0 Å². The number of anilines is 1. The van der Waals surface area contributed by atoms with Crippen LogP contribution < -0.4 is 5.01 Å². The van der Waals surface area contributed by atoms with E-state index in [9.17, 15) is 9.90 Å². The predicted molar refractivity (Wildman–Crippen MR) is 138 cm³/mol. The number of piperidine rings is 1. The minimum absolute atomic E-state index is 0.0239. The molecule has 7 nitrogen and oxygen atoms in total. The first-order valence-electron chi connectivity index (χ1n) is 12.5. The Morgan fingerprint density at radius 2 is 1.77 bits per heavy atom. The van der Waals surface area contributed by atoms with Crippen molar-refractivity contribution in [3.63, 3.8) is 0 Å². The van der Waals surface area contributed by atoms with E-state index in [1.54, 1.807) is 6.20 Å². The van der Waals surface area contributed by atoms with E-state index in [2.05, 4.69) is 46.6 Å². The number of aliphatic hydroxyl groups is 1. The molecule has 2 aromatic carbocycles. The second-order valence-corrected chi connectivity index (χ2v) is 9.79. The van der Waals surface area contributed by atoms with E-state index in [-0.39, 0.29) is 18.0 Å². The highest BCUT2D eigenvalue weighted by molar-refractivity contribution is 5.76. The van der Waals surface area contributed by atoms with Crippen LogP contribution in [0.25, 0.3) is 11.1 Å². The van der Waals surface area contributed by atoms with Crippen LogP contribution in [0.4, 0.5) is 5.69 Å². The first kappa shape index (κ1) is 23.3. The van der Waals surface area contributed by atoms with Gasteiger partial charge in [0.25, 0.3) is 0 Å². The second kappa shape index (κ2) is 10.0. The third-order valence-corrected chi connectivity index (χ3v) is 7.28. The van der Waals surface area contributed by atoms with E-state index < -0.39 is 5.60 Å². The van der Waals surface area contributed by atoms with Crippen LogP contribution in [0.3, 0.4) is 0 Å². The van der Waals surface area contributed by atoms with E-state index in [0.29, 0.717) is 38.8 Å². The van der Waals surface area contributed by atoms with Gasteiger partial charge in [-0.25, -0.2) is 0 Å². The average Bonchev–Trinajstić information content (AvgIpc) is 3.58. The minimum Gasteiger partial charge on any atom is -0.390 e. The lowest BCUT2D eigenvalue weighted by Gasteiger charge is -2.41. The Hall–Kier alpha value is -3.45. The maximum Gasteiger partial charge on any atom is 0.224 e. The van der Waals surface area contributed by atoms with Crippen molar-refractivity contribution < 1.29 is 9.90 Å². The molecule has 0 aliphatic carbocycles. The highest BCUT2D eigenvalue weighted by Gasteiger charge is 2.38. The van der Waals surface area contributed by atoms with Crippen molar-refractivity contribution in [1.82, 2.24) is 14.7 Å². The van der Waals surface area contributed by atoms with Gasteiger partial charge >= 0.3 is 0 Å². The molecule has 1 saturated heterocycles. The fourth-order valence-corrected chi connectivity index (χ4v) is 5.17. The quantitative estimate of drug-likeness (QED) is 0.550. The number of benzene rings is 2. The normalized spacial score (nSPS) is 20.2. The second-order valence-electron chi connectivity index (χ2n) is 9.79. The number of hydrogen-bond acceptors (Lipinski definition) is 5. The number of rotatable bonds is 7. The van der Waals surface area contributed by atoms with E-state index in [4.69, 9.17) is 0 Å². The number of hydrazone groups is 1. The molecule has 0 saturated carbocycles. The average molecular weight is 472 g/mol. The van der Waals surface area contributed by atoms with Gasteiger partial charge in [0.1, 0.15) is 0 Å². The van der Waals surface area contributed by atoms with Crippen LogP contribution in [0.1, 0.15) is 45.1 Å². The fourth-order valence-electron chi connectivity index (χ4n) is 5.17. The zero-order chi connectivity index (χ0) is 24.3. The molecular weight excluding hydrogens is 438 g/mol. The molecule has 5 rings (SSSR count). The first-order chi connectivity index (χ1) is 17.0. The van der Waals surface area contributed by atoms with E-state index in [1.807, 2.05) is 58.2 Å². The predicted octanol–water partition coefficient (Wildman–Crippen LogP) is 4.51. The van der Waals surface area contributed by atoms with Crippen LogP contribution >= 0.6 is 0 Å². The Morgan fingerprint density at radius 1 is 1.06 bits per heavy atom. The molecule has 2 aliphatic rings. The van der Waals surface area contributed by atoms with E-state index in [0.717, 1.165) is 12.1 Å². The Labute approximate surface area is 206 Å². The molecular formula is C28H33N5O2. The van der Waals surface area contributed by atoms with Gasteiger partial charge in [-0.1, -0.05) is 42.5 Å². The molecule has 3 heterocycles. The lowest BCUT2D eigenvalue weighted by Crippen LogP contribution is -2.49. The number of carbonyl (C=O) groups excluding carboxylic acids is 1. The van der Waals surface area contributed by atoms with E-state index in [1.165, 1.54) is 11.1 Å². The van der Waals surface area contributed by atoms with Gasteiger partial charge < -0.3 is 10.0 Å². The third kappa shape index (κ3) is 5.30. The van der Waals surface area contributed by atoms with Crippen molar-refractivity contribution in [2.45, 2.75) is 56.7 Å². The van der Waals surface area contributed by atoms with Crippen LogP contribution in [0, 0.1) is 0 Å². The summed E-state index contributed by atoms with van der Waals surface area (Å²) in [6, 6.07) is 20.8. The largest absolute Gasteiger partial charge is 0.390 e. The molecule has 0 bridgehead atoms. The topological polar surface area (TPSA) is 74.0 Å². The molecule has 1 N–H and O–H groups in total. The number of amides is 1. The minimum atomic E-state index is -0.787. The number of hydrogen-bond donors (Lipinski definition) is 1. The Bertz CT molecular complexity index is 1140. The first-order valence-corrected chi connectivity index (χ1v) is 12.5. The Kier molecular flexibility index (Phi) is 6.68. The van der Waals surface area contributed by atoms with Crippen molar-refractivity contribution in [1.29, 1.82) is 0 Å². The third-order valence-electron chi connectivity index (χ3n) is 7.28. The van der Waals surface area contributed by atoms with Crippen LogP contribution in [0.2, 0.25) is 0 Å². The maximum absolute atomic E-state index is 12.8. The Morgan fingerprint density at radius 3 is 2.46 bits per heavy atom. The van der Waals surface area contributed by atoms with Gasteiger partial charge in [-0.05, 0) is 55.5 Å². The number of nitrogens with zero attached hydrogens (tertiary/aromatic N) is 5. The van der Waals surface area contributed by atoms with Crippen molar-refractivity contribution in [2.24, 2.45) is 5.10 Å². The summed E-state index contributed by atoms with van der Waals surface area (Å²) in [4.78, 5) is 14.7. The summed E-state index contributed by atoms with van der Waals surface area (Å²) in [7, 11) is 0. The molecule has 182 valence electrons. The molecule has 1 amide bonds. The van der Waals surface area contributed by atoms with Gasteiger partial charge in [0.05, 0.1) is 23.4 Å². The smallest absolute Gasteiger partial charge is 0.224 e. The van der Waals surface area contributed by atoms with Gasteiger partial charge in [-0.2, -0.15) is 10.2 Å². The van der Waals surface area contributed by atoms with Gasteiger partial charge in [-0.3, -0.25) is 14.5 Å². The van der Waals surface area contributed by atoms with Gasteiger partial charge in [-0.15, -0.1) is 0 Å². The maximum atomic E-state index is 12.8.